The summed E-state index contributed by atoms with van der Waals surface area (Å²) in [6.07, 6.45) is 4.27. The van der Waals surface area contributed by atoms with E-state index >= 15 is 0 Å². The molecule has 1 amide bonds. The van der Waals surface area contributed by atoms with Gasteiger partial charge in [0.2, 0.25) is 0 Å². The fourth-order valence-corrected chi connectivity index (χ4v) is 3.32. The molecule has 0 aliphatic carbocycles. The normalized spacial score (nSPS) is 15.9. The van der Waals surface area contributed by atoms with E-state index in [0.29, 0.717) is 17.1 Å². The zero-order valence-corrected chi connectivity index (χ0v) is 16.0. The number of aromatic nitrogens is 2. The average molecular weight is 376 g/mol. The SMILES string of the molecule is CCN1CCN(CCCNC(=O)c2cnn(-c3cccc(Cl)c3)c2)CC1. The molecule has 1 aliphatic rings. The summed E-state index contributed by atoms with van der Waals surface area (Å²) in [4.78, 5) is 17.2. The third-order valence-corrected chi connectivity index (χ3v) is 5.00. The van der Waals surface area contributed by atoms with Gasteiger partial charge in [-0.05, 0) is 37.7 Å². The van der Waals surface area contributed by atoms with Crippen LogP contribution >= 0.6 is 11.6 Å². The minimum atomic E-state index is -0.0888. The number of nitrogens with zero attached hydrogens (tertiary/aromatic N) is 4. The van der Waals surface area contributed by atoms with Crippen LogP contribution in [0.15, 0.2) is 36.7 Å². The predicted molar refractivity (Wildman–Crippen MR) is 104 cm³/mol. The smallest absolute Gasteiger partial charge is 0.254 e. The van der Waals surface area contributed by atoms with Crippen molar-refractivity contribution in [1.82, 2.24) is 24.9 Å². The Bertz CT molecular complexity index is 724. The molecular formula is C19H26ClN5O. The highest BCUT2D eigenvalue weighted by atomic mass is 35.5. The summed E-state index contributed by atoms with van der Waals surface area (Å²) >= 11 is 6.00. The van der Waals surface area contributed by atoms with Crippen molar-refractivity contribution < 1.29 is 4.79 Å². The summed E-state index contributed by atoms with van der Waals surface area (Å²) in [6, 6.07) is 7.39. The number of carbonyl (C=O) groups excluding carboxylic acids is 1. The Kier molecular flexibility index (Phi) is 6.66. The second-order valence-corrected chi connectivity index (χ2v) is 6.98. The van der Waals surface area contributed by atoms with E-state index in [9.17, 15) is 4.79 Å². The average Bonchev–Trinajstić information content (AvgIpc) is 3.16. The van der Waals surface area contributed by atoms with Crippen LogP contribution in [-0.4, -0.2) is 71.3 Å². The number of piperazine rings is 1. The molecule has 1 fully saturated rings. The maximum atomic E-state index is 12.3. The Morgan fingerprint density at radius 1 is 1.23 bits per heavy atom. The van der Waals surface area contributed by atoms with E-state index in [1.807, 2.05) is 24.3 Å². The lowest BCUT2D eigenvalue weighted by molar-refractivity contribution is 0.0948. The third kappa shape index (κ3) is 5.06. The molecule has 1 N–H and O–H groups in total. The number of nitrogens with one attached hydrogen (secondary N) is 1. The molecule has 1 aromatic heterocycles. The molecule has 3 rings (SSSR count). The van der Waals surface area contributed by atoms with Gasteiger partial charge in [-0.3, -0.25) is 4.79 Å². The van der Waals surface area contributed by atoms with Crippen LogP contribution in [0.3, 0.4) is 0 Å². The quantitative estimate of drug-likeness (QED) is 0.754. The summed E-state index contributed by atoms with van der Waals surface area (Å²) in [5.74, 6) is -0.0888. The van der Waals surface area contributed by atoms with Crippen molar-refractivity contribution in [3.63, 3.8) is 0 Å². The van der Waals surface area contributed by atoms with Gasteiger partial charge in [0.05, 0.1) is 17.4 Å². The lowest BCUT2D eigenvalue weighted by atomic mass is 10.2. The molecular weight excluding hydrogens is 350 g/mol. The molecule has 26 heavy (non-hydrogen) atoms. The van der Waals surface area contributed by atoms with Gasteiger partial charge >= 0.3 is 0 Å². The Morgan fingerprint density at radius 3 is 2.73 bits per heavy atom. The molecule has 1 saturated heterocycles. The molecule has 140 valence electrons. The van der Waals surface area contributed by atoms with Crippen LogP contribution in [0, 0.1) is 0 Å². The molecule has 1 aromatic carbocycles. The molecule has 0 saturated carbocycles. The Morgan fingerprint density at radius 2 is 2.00 bits per heavy atom. The molecule has 2 aromatic rings. The maximum absolute atomic E-state index is 12.3. The number of benzene rings is 1. The molecule has 1 aliphatic heterocycles. The molecule has 0 atom stereocenters. The summed E-state index contributed by atoms with van der Waals surface area (Å²) < 4.78 is 1.66. The Labute approximate surface area is 159 Å². The van der Waals surface area contributed by atoms with E-state index in [1.165, 1.54) is 0 Å². The molecule has 6 nitrogen and oxygen atoms in total. The van der Waals surface area contributed by atoms with Gasteiger partial charge in [0.1, 0.15) is 0 Å². The van der Waals surface area contributed by atoms with E-state index in [0.717, 1.165) is 51.4 Å². The first kappa shape index (κ1) is 18.9. The van der Waals surface area contributed by atoms with Gasteiger partial charge in [-0.1, -0.05) is 24.6 Å². The molecule has 2 heterocycles. The van der Waals surface area contributed by atoms with Crippen molar-refractivity contribution in [2.75, 3.05) is 45.8 Å². The highest BCUT2D eigenvalue weighted by Crippen LogP contribution is 2.14. The fourth-order valence-electron chi connectivity index (χ4n) is 3.14. The fraction of sp³-hybridized carbons (Fsp3) is 0.474. The minimum absolute atomic E-state index is 0.0888. The van der Waals surface area contributed by atoms with Gasteiger partial charge in [-0.15, -0.1) is 0 Å². The standard InChI is InChI=1S/C19H26ClN5O/c1-2-23-9-11-24(12-10-23)8-4-7-21-19(26)16-14-22-25(15-16)18-6-3-5-17(20)13-18/h3,5-6,13-15H,2,4,7-12H2,1H3,(H,21,26). The largest absolute Gasteiger partial charge is 0.352 e. The lowest BCUT2D eigenvalue weighted by Gasteiger charge is -2.33. The monoisotopic (exact) mass is 375 g/mol. The highest BCUT2D eigenvalue weighted by molar-refractivity contribution is 6.30. The van der Waals surface area contributed by atoms with Gasteiger partial charge in [0, 0.05) is 43.9 Å². The molecule has 0 bridgehead atoms. The van der Waals surface area contributed by atoms with Crippen molar-refractivity contribution in [3.8, 4) is 5.69 Å². The first-order chi connectivity index (χ1) is 12.7. The van der Waals surface area contributed by atoms with E-state index in [-0.39, 0.29) is 5.91 Å². The zero-order chi connectivity index (χ0) is 18.4. The van der Waals surface area contributed by atoms with Gasteiger partial charge in [-0.25, -0.2) is 4.68 Å². The van der Waals surface area contributed by atoms with Crippen LogP contribution in [0.1, 0.15) is 23.7 Å². The van der Waals surface area contributed by atoms with Crippen LogP contribution in [0.25, 0.3) is 5.69 Å². The van der Waals surface area contributed by atoms with Crippen LogP contribution in [0.5, 0.6) is 0 Å². The van der Waals surface area contributed by atoms with Crippen molar-refractivity contribution >= 4 is 17.5 Å². The van der Waals surface area contributed by atoms with Crippen molar-refractivity contribution in [2.45, 2.75) is 13.3 Å². The number of halogens is 1. The number of hydrogen-bond acceptors (Lipinski definition) is 4. The van der Waals surface area contributed by atoms with Crippen molar-refractivity contribution in [2.24, 2.45) is 0 Å². The van der Waals surface area contributed by atoms with E-state index in [4.69, 9.17) is 11.6 Å². The summed E-state index contributed by atoms with van der Waals surface area (Å²) in [5, 5.41) is 7.87. The third-order valence-electron chi connectivity index (χ3n) is 4.77. The molecule has 0 unspecified atom stereocenters. The second-order valence-electron chi connectivity index (χ2n) is 6.54. The lowest BCUT2D eigenvalue weighted by Crippen LogP contribution is -2.46. The number of carbonyl (C=O) groups is 1. The number of rotatable bonds is 7. The van der Waals surface area contributed by atoms with Gasteiger partial charge in [0.25, 0.3) is 5.91 Å². The topological polar surface area (TPSA) is 53.4 Å². The molecule has 0 spiro atoms. The van der Waals surface area contributed by atoms with E-state index < -0.39 is 0 Å². The first-order valence-corrected chi connectivity index (χ1v) is 9.57. The van der Waals surface area contributed by atoms with Gasteiger partial charge < -0.3 is 15.1 Å². The molecule has 7 heteroatoms. The van der Waals surface area contributed by atoms with E-state index in [2.05, 4.69) is 27.1 Å². The van der Waals surface area contributed by atoms with Crippen LogP contribution < -0.4 is 5.32 Å². The van der Waals surface area contributed by atoms with Crippen LogP contribution in [-0.2, 0) is 0 Å². The maximum Gasteiger partial charge on any atom is 0.254 e. The van der Waals surface area contributed by atoms with Gasteiger partial charge in [-0.2, -0.15) is 5.10 Å². The summed E-state index contributed by atoms with van der Waals surface area (Å²) in [6.45, 7) is 9.57. The van der Waals surface area contributed by atoms with Crippen molar-refractivity contribution in [3.05, 3.63) is 47.2 Å². The summed E-state index contributed by atoms with van der Waals surface area (Å²) in [5.41, 5.74) is 1.39. The second kappa shape index (κ2) is 9.16. The van der Waals surface area contributed by atoms with E-state index in [1.54, 1.807) is 17.1 Å². The number of likely N-dealkylation sites (N-methyl/N-ethyl adjacent to an activating group) is 1. The predicted octanol–water partition coefficient (Wildman–Crippen LogP) is 2.28. The van der Waals surface area contributed by atoms with Crippen LogP contribution in [0.2, 0.25) is 5.02 Å². The molecule has 0 radical (unpaired) electrons. The Hall–Kier alpha value is -1.89. The number of hydrogen-bond donors (Lipinski definition) is 1. The van der Waals surface area contributed by atoms with Crippen molar-refractivity contribution in [1.29, 1.82) is 0 Å². The van der Waals surface area contributed by atoms with Crippen LogP contribution in [0.4, 0.5) is 0 Å². The Balaban J connectivity index is 1.42. The van der Waals surface area contributed by atoms with Gasteiger partial charge in [0.15, 0.2) is 0 Å². The zero-order valence-electron chi connectivity index (χ0n) is 15.2. The summed E-state index contributed by atoms with van der Waals surface area (Å²) in [7, 11) is 0. The first-order valence-electron chi connectivity index (χ1n) is 9.19. The minimum Gasteiger partial charge on any atom is -0.352 e. The number of amides is 1. The highest BCUT2D eigenvalue weighted by Gasteiger charge is 2.15.